The van der Waals surface area contributed by atoms with Crippen molar-refractivity contribution in [3.63, 3.8) is 0 Å². The first kappa shape index (κ1) is 16.1. The molecule has 5 nitrogen and oxygen atoms in total. The number of hydrogen-bond acceptors (Lipinski definition) is 4. The lowest BCUT2D eigenvalue weighted by molar-refractivity contribution is -0.112. The molecule has 0 heterocycles. The number of carbonyl (C=O) groups is 1. The smallest absolute Gasteiger partial charge is 0.267 e. The minimum atomic E-state index is -0.486. The van der Waals surface area contributed by atoms with Crippen molar-refractivity contribution in [1.82, 2.24) is 0 Å². The minimum Gasteiger partial charge on any atom is -0.508 e. The number of carbonyl (C=O) groups excluding carboxylic acids is 1. The molecule has 0 aromatic heterocycles. The van der Waals surface area contributed by atoms with Crippen molar-refractivity contribution in [2.45, 2.75) is 13.8 Å². The second-order valence-corrected chi connectivity index (χ2v) is 5.13. The van der Waals surface area contributed by atoms with Crippen LogP contribution in [0.15, 0.2) is 54.2 Å². The Kier molecular flexibility index (Phi) is 5.00. The monoisotopic (exact) mass is 307 g/mol. The third-order valence-corrected chi connectivity index (χ3v) is 3.26. The van der Waals surface area contributed by atoms with E-state index in [1.807, 2.05) is 32.0 Å². The van der Waals surface area contributed by atoms with E-state index in [0.717, 1.165) is 11.1 Å². The summed E-state index contributed by atoms with van der Waals surface area (Å²) in [5.74, 6) is -0.324. The Morgan fingerprint density at radius 1 is 1.17 bits per heavy atom. The first-order chi connectivity index (χ1) is 11.0. The van der Waals surface area contributed by atoms with Crippen LogP contribution in [0.3, 0.4) is 0 Å². The molecule has 0 aliphatic rings. The number of aromatic hydroxyl groups is 1. The van der Waals surface area contributed by atoms with Crippen LogP contribution in [0.4, 0.5) is 11.4 Å². The fraction of sp³-hybridized carbons (Fsp3) is 0.111. The quantitative estimate of drug-likeness (QED) is 0.459. The van der Waals surface area contributed by atoms with Crippen LogP contribution < -0.4 is 10.6 Å². The van der Waals surface area contributed by atoms with Gasteiger partial charge >= 0.3 is 0 Å². The van der Waals surface area contributed by atoms with Gasteiger partial charge in [0.25, 0.3) is 5.91 Å². The molecule has 1 amide bonds. The Bertz CT molecular complexity index is 787. The average Bonchev–Trinajstić information content (AvgIpc) is 2.52. The maximum atomic E-state index is 12.1. The van der Waals surface area contributed by atoms with E-state index >= 15 is 0 Å². The van der Waals surface area contributed by atoms with Crippen LogP contribution in [0.5, 0.6) is 5.75 Å². The zero-order valence-electron chi connectivity index (χ0n) is 12.9. The zero-order valence-corrected chi connectivity index (χ0v) is 12.9. The van der Waals surface area contributed by atoms with Gasteiger partial charge in [0.15, 0.2) is 0 Å². The summed E-state index contributed by atoms with van der Waals surface area (Å²) in [7, 11) is 0. The summed E-state index contributed by atoms with van der Waals surface area (Å²) in [5, 5.41) is 24.1. The summed E-state index contributed by atoms with van der Waals surface area (Å²) in [6, 6.07) is 14.0. The van der Waals surface area contributed by atoms with Crippen molar-refractivity contribution >= 4 is 17.3 Å². The molecule has 3 N–H and O–H groups in total. The van der Waals surface area contributed by atoms with E-state index in [4.69, 9.17) is 5.26 Å². The molecule has 2 aromatic carbocycles. The van der Waals surface area contributed by atoms with Crippen LogP contribution >= 0.6 is 0 Å². The predicted molar refractivity (Wildman–Crippen MR) is 90.0 cm³/mol. The third-order valence-electron chi connectivity index (χ3n) is 3.26. The van der Waals surface area contributed by atoms with Crippen LogP contribution in [0.1, 0.15) is 11.1 Å². The number of rotatable bonds is 4. The van der Waals surface area contributed by atoms with E-state index in [2.05, 4.69) is 10.6 Å². The van der Waals surface area contributed by atoms with E-state index in [-0.39, 0.29) is 11.3 Å². The molecule has 0 aliphatic carbocycles. The summed E-state index contributed by atoms with van der Waals surface area (Å²) in [4.78, 5) is 12.1. The molecule has 0 fully saturated rings. The Morgan fingerprint density at radius 3 is 2.48 bits per heavy atom. The standard InChI is InChI=1S/C18H17N3O2/c1-12-3-5-15(6-4-12)21-18(23)14(10-19)11-20-17-8-7-16(22)9-13(17)2/h3-9,11,20,22H,1-2H3,(H,21,23)/b14-11-. The van der Waals surface area contributed by atoms with E-state index in [1.54, 1.807) is 24.3 Å². The molecule has 0 spiro atoms. The second kappa shape index (κ2) is 7.14. The minimum absolute atomic E-state index is 0.0435. The third kappa shape index (κ3) is 4.35. The first-order valence-corrected chi connectivity index (χ1v) is 7.04. The highest BCUT2D eigenvalue weighted by atomic mass is 16.3. The lowest BCUT2D eigenvalue weighted by Gasteiger charge is -2.07. The van der Waals surface area contributed by atoms with Crippen LogP contribution in [0.25, 0.3) is 0 Å². The second-order valence-electron chi connectivity index (χ2n) is 5.13. The molecule has 23 heavy (non-hydrogen) atoms. The lowest BCUT2D eigenvalue weighted by Crippen LogP contribution is -2.14. The highest BCUT2D eigenvalue weighted by molar-refractivity contribution is 6.06. The van der Waals surface area contributed by atoms with Gasteiger partial charge in [-0.2, -0.15) is 5.26 Å². The molecule has 0 unspecified atom stereocenters. The van der Waals surface area contributed by atoms with Gasteiger partial charge in [0, 0.05) is 17.6 Å². The molecule has 5 heteroatoms. The van der Waals surface area contributed by atoms with Gasteiger partial charge in [0.05, 0.1) is 0 Å². The van der Waals surface area contributed by atoms with Gasteiger partial charge in [-0.3, -0.25) is 4.79 Å². The Labute approximate surface area is 134 Å². The molecule has 2 aromatic rings. The maximum absolute atomic E-state index is 12.1. The SMILES string of the molecule is Cc1ccc(NC(=O)/C(C#N)=C\Nc2ccc(O)cc2C)cc1. The van der Waals surface area contributed by atoms with Gasteiger partial charge in [-0.25, -0.2) is 0 Å². The fourth-order valence-corrected chi connectivity index (χ4v) is 1.94. The number of benzene rings is 2. The number of nitriles is 1. The molecule has 0 saturated carbocycles. The Hall–Kier alpha value is -3.26. The van der Waals surface area contributed by atoms with E-state index in [1.165, 1.54) is 12.3 Å². The summed E-state index contributed by atoms with van der Waals surface area (Å²) < 4.78 is 0. The Morgan fingerprint density at radius 2 is 1.87 bits per heavy atom. The van der Waals surface area contributed by atoms with Gasteiger partial charge in [-0.05, 0) is 49.7 Å². The molecule has 0 radical (unpaired) electrons. The van der Waals surface area contributed by atoms with Crippen LogP contribution in [-0.4, -0.2) is 11.0 Å². The number of phenols is 1. The predicted octanol–water partition coefficient (Wildman–Crippen LogP) is 3.47. The van der Waals surface area contributed by atoms with Crippen molar-refractivity contribution in [2.24, 2.45) is 0 Å². The van der Waals surface area contributed by atoms with Gasteiger partial charge in [0.1, 0.15) is 17.4 Å². The summed E-state index contributed by atoms with van der Waals surface area (Å²) >= 11 is 0. The fourth-order valence-electron chi connectivity index (χ4n) is 1.94. The van der Waals surface area contributed by atoms with Crippen LogP contribution in [0.2, 0.25) is 0 Å². The summed E-state index contributed by atoms with van der Waals surface area (Å²) in [6.07, 6.45) is 1.35. The Balaban J connectivity index is 2.10. The van der Waals surface area contributed by atoms with E-state index in [0.29, 0.717) is 11.4 Å². The largest absolute Gasteiger partial charge is 0.508 e. The number of amides is 1. The number of phenolic OH excluding ortho intramolecular Hbond substituents is 1. The highest BCUT2D eigenvalue weighted by Crippen LogP contribution is 2.20. The topological polar surface area (TPSA) is 85.2 Å². The highest BCUT2D eigenvalue weighted by Gasteiger charge is 2.09. The average molecular weight is 307 g/mol. The zero-order chi connectivity index (χ0) is 16.8. The van der Waals surface area contributed by atoms with Crippen molar-refractivity contribution < 1.29 is 9.90 Å². The van der Waals surface area contributed by atoms with Crippen molar-refractivity contribution in [1.29, 1.82) is 5.26 Å². The number of aryl methyl sites for hydroxylation is 2. The lowest BCUT2D eigenvalue weighted by atomic mass is 10.2. The van der Waals surface area contributed by atoms with Gasteiger partial charge in [0.2, 0.25) is 0 Å². The van der Waals surface area contributed by atoms with Gasteiger partial charge < -0.3 is 15.7 Å². The van der Waals surface area contributed by atoms with Crippen LogP contribution in [-0.2, 0) is 4.79 Å². The summed E-state index contributed by atoms with van der Waals surface area (Å²) in [5.41, 5.74) is 3.18. The normalized spacial score (nSPS) is 10.7. The van der Waals surface area contributed by atoms with Crippen LogP contribution in [0, 0.1) is 25.2 Å². The maximum Gasteiger partial charge on any atom is 0.267 e. The number of nitrogens with one attached hydrogen (secondary N) is 2. The molecule has 0 aliphatic heterocycles. The molecule has 0 saturated heterocycles. The molecular weight excluding hydrogens is 290 g/mol. The molecule has 0 bridgehead atoms. The summed E-state index contributed by atoms with van der Waals surface area (Å²) in [6.45, 7) is 3.77. The van der Waals surface area contributed by atoms with Crippen molar-refractivity contribution in [3.05, 3.63) is 65.4 Å². The number of hydrogen-bond donors (Lipinski definition) is 3. The molecule has 0 atom stereocenters. The van der Waals surface area contributed by atoms with E-state index in [9.17, 15) is 9.90 Å². The van der Waals surface area contributed by atoms with Gasteiger partial charge in [-0.1, -0.05) is 17.7 Å². The molecular formula is C18H17N3O2. The van der Waals surface area contributed by atoms with E-state index < -0.39 is 5.91 Å². The molecule has 2 rings (SSSR count). The number of nitrogens with zero attached hydrogens (tertiary/aromatic N) is 1. The van der Waals surface area contributed by atoms with Crippen molar-refractivity contribution in [3.8, 4) is 11.8 Å². The first-order valence-electron chi connectivity index (χ1n) is 7.04. The number of anilines is 2. The molecule has 116 valence electrons. The van der Waals surface area contributed by atoms with Crippen molar-refractivity contribution in [2.75, 3.05) is 10.6 Å². The van der Waals surface area contributed by atoms with Gasteiger partial charge in [-0.15, -0.1) is 0 Å².